The summed E-state index contributed by atoms with van der Waals surface area (Å²) in [5.74, 6) is 1.26. The second-order valence-corrected chi connectivity index (χ2v) is 3.60. The maximum absolute atomic E-state index is 5.36. The Morgan fingerprint density at radius 3 is 2.45 bits per heavy atom. The minimum Gasteiger partial charge on any atom is -0.381 e. The van der Waals surface area contributed by atoms with Crippen LogP contribution in [0.2, 0.25) is 0 Å². The lowest BCUT2D eigenvalue weighted by molar-refractivity contribution is 0.0781. The van der Waals surface area contributed by atoms with Gasteiger partial charge in [0, 0.05) is 13.0 Å². The quantitative estimate of drug-likeness (QED) is 0.556. The summed E-state index contributed by atoms with van der Waals surface area (Å²) in [6.45, 7) is 8.07. The highest BCUT2D eigenvalue weighted by molar-refractivity contribution is 5.39. The fourth-order valence-corrected chi connectivity index (χ4v) is 2.41. The molecule has 60 valence electrons. The fourth-order valence-electron chi connectivity index (χ4n) is 2.41. The van der Waals surface area contributed by atoms with Gasteiger partial charge in [0.1, 0.15) is 0 Å². The first-order valence-electron chi connectivity index (χ1n) is 4.14. The summed E-state index contributed by atoms with van der Waals surface area (Å²) in [5.41, 5.74) is 2.52. The molecule has 0 aromatic carbocycles. The highest BCUT2D eigenvalue weighted by atomic mass is 16.5. The first kappa shape index (κ1) is 7.11. The highest BCUT2D eigenvalue weighted by Gasteiger charge is 2.44. The van der Waals surface area contributed by atoms with Crippen molar-refractivity contribution in [2.24, 2.45) is 11.8 Å². The third-order valence-corrected chi connectivity index (χ3v) is 3.16. The van der Waals surface area contributed by atoms with Crippen LogP contribution < -0.4 is 0 Å². The maximum atomic E-state index is 5.36. The summed E-state index contributed by atoms with van der Waals surface area (Å²) >= 11 is 0. The lowest BCUT2D eigenvalue weighted by Gasteiger charge is -2.23. The van der Waals surface area contributed by atoms with Gasteiger partial charge >= 0.3 is 0 Å². The van der Waals surface area contributed by atoms with Gasteiger partial charge in [0.15, 0.2) is 0 Å². The predicted octanol–water partition coefficient (Wildman–Crippen LogP) is 2.15. The molecule has 2 saturated carbocycles. The first-order chi connectivity index (χ1) is 5.24. The minimum atomic E-state index is 0.429. The number of ether oxygens (including phenoxy) is 1. The van der Waals surface area contributed by atoms with Gasteiger partial charge in [-0.2, -0.15) is 0 Å². The van der Waals surface area contributed by atoms with Crippen LogP contribution in [0.5, 0.6) is 0 Å². The molecule has 1 nitrogen and oxygen atoms in total. The van der Waals surface area contributed by atoms with Gasteiger partial charge in [-0.05, 0) is 29.9 Å². The molecule has 0 amide bonds. The number of hydrogen-bond acceptors (Lipinski definition) is 1. The average molecular weight is 150 g/mol. The standard InChI is InChI=1S/C10H14O/c1-6-7(2)9-4-8(6)5-10(9)11-3/h8-10H,1-2,4-5H2,3H3/t8-,9-,10-/m0/s1. The number of allylic oxidation sites excluding steroid dienone is 1. The number of hydrogen-bond donors (Lipinski definition) is 0. The number of fused-ring (bicyclic) bond motifs is 2. The van der Waals surface area contributed by atoms with E-state index in [2.05, 4.69) is 13.2 Å². The fraction of sp³-hybridized carbons (Fsp3) is 0.600. The molecule has 2 bridgehead atoms. The zero-order chi connectivity index (χ0) is 8.01. The van der Waals surface area contributed by atoms with Gasteiger partial charge in [0.2, 0.25) is 0 Å². The monoisotopic (exact) mass is 150 g/mol. The van der Waals surface area contributed by atoms with Crippen molar-refractivity contribution < 1.29 is 4.74 Å². The highest BCUT2D eigenvalue weighted by Crippen LogP contribution is 2.51. The van der Waals surface area contributed by atoms with E-state index in [-0.39, 0.29) is 0 Å². The van der Waals surface area contributed by atoms with Gasteiger partial charge in [0.25, 0.3) is 0 Å². The van der Waals surface area contributed by atoms with Crippen molar-refractivity contribution in [3.8, 4) is 0 Å². The average Bonchev–Trinajstić information content (AvgIpc) is 2.53. The van der Waals surface area contributed by atoms with Crippen LogP contribution in [0.15, 0.2) is 24.3 Å². The molecule has 0 aromatic rings. The van der Waals surface area contributed by atoms with Gasteiger partial charge in [-0.25, -0.2) is 0 Å². The molecule has 0 N–H and O–H groups in total. The van der Waals surface area contributed by atoms with E-state index < -0.39 is 0 Å². The van der Waals surface area contributed by atoms with Gasteiger partial charge in [-0.1, -0.05) is 13.2 Å². The summed E-state index contributed by atoms with van der Waals surface area (Å²) in [6, 6.07) is 0. The molecule has 2 aliphatic rings. The number of rotatable bonds is 1. The molecule has 1 heteroatoms. The molecule has 0 heterocycles. The minimum absolute atomic E-state index is 0.429. The van der Waals surface area contributed by atoms with Crippen molar-refractivity contribution in [2.75, 3.05) is 7.11 Å². The largest absolute Gasteiger partial charge is 0.381 e. The molecular formula is C10H14O. The van der Waals surface area contributed by atoms with Crippen molar-refractivity contribution in [2.45, 2.75) is 18.9 Å². The Balaban J connectivity index is 2.22. The van der Waals surface area contributed by atoms with Crippen molar-refractivity contribution in [3.63, 3.8) is 0 Å². The lowest BCUT2D eigenvalue weighted by Crippen LogP contribution is -2.20. The van der Waals surface area contributed by atoms with E-state index in [0.717, 1.165) is 0 Å². The topological polar surface area (TPSA) is 9.23 Å². The molecule has 2 aliphatic carbocycles. The SMILES string of the molecule is C=C1C(=C)[C@@H]2C[C@H]1C[C@@H]2OC. The molecule has 11 heavy (non-hydrogen) atoms. The Hall–Kier alpha value is -0.560. The molecule has 2 fully saturated rings. The Labute approximate surface area is 67.7 Å². The van der Waals surface area contributed by atoms with Crippen molar-refractivity contribution >= 4 is 0 Å². The van der Waals surface area contributed by atoms with E-state index in [1.807, 2.05) is 0 Å². The van der Waals surface area contributed by atoms with Crippen LogP contribution in [-0.4, -0.2) is 13.2 Å². The van der Waals surface area contributed by atoms with E-state index in [4.69, 9.17) is 4.74 Å². The van der Waals surface area contributed by atoms with Crippen LogP contribution in [0.25, 0.3) is 0 Å². The van der Waals surface area contributed by atoms with Gasteiger partial charge < -0.3 is 4.74 Å². The van der Waals surface area contributed by atoms with Gasteiger partial charge in [0.05, 0.1) is 6.10 Å². The second-order valence-electron chi connectivity index (χ2n) is 3.60. The molecule has 0 spiro atoms. The summed E-state index contributed by atoms with van der Waals surface area (Å²) < 4.78 is 5.36. The summed E-state index contributed by atoms with van der Waals surface area (Å²) in [7, 11) is 1.79. The Morgan fingerprint density at radius 2 is 2.00 bits per heavy atom. The van der Waals surface area contributed by atoms with Crippen LogP contribution in [0, 0.1) is 11.8 Å². The predicted molar refractivity (Wildman–Crippen MR) is 45.3 cm³/mol. The van der Waals surface area contributed by atoms with Crippen LogP contribution >= 0.6 is 0 Å². The van der Waals surface area contributed by atoms with Crippen LogP contribution in [0.4, 0.5) is 0 Å². The maximum Gasteiger partial charge on any atom is 0.0645 e. The van der Waals surface area contributed by atoms with E-state index in [1.54, 1.807) is 7.11 Å². The van der Waals surface area contributed by atoms with Crippen LogP contribution in [0.1, 0.15) is 12.8 Å². The Morgan fingerprint density at radius 1 is 1.27 bits per heavy atom. The van der Waals surface area contributed by atoms with E-state index in [1.165, 1.54) is 24.0 Å². The summed E-state index contributed by atoms with van der Waals surface area (Å²) in [4.78, 5) is 0. The lowest BCUT2D eigenvalue weighted by atomic mass is 9.90. The third-order valence-electron chi connectivity index (χ3n) is 3.16. The molecule has 0 aromatic heterocycles. The molecule has 0 aliphatic heterocycles. The molecule has 2 rings (SSSR count). The van der Waals surface area contributed by atoms with Crippen molar-refractivity contribution in [1.29, 1.82) is 0 Å². The van der Waals surface area contributed by atoms with Gasteiger partial charge in [-0.3, -0.25) is 0 Å². The first-order valence-corrected chi connectivity index (χ1v) is 4.14. The van der Waals surface area contributed by atoms with Crippen molar-refractivity contribution in [3.05, 3.63) is 24.3 Å². The summed E-state index contributed by atoms with van der Waals surface area (Å²) in [6.07, 6.45) is 2.83. The zero-order valence-electron chi connectivity index (χ0n) is 6.97. The second kappa shape index (κ2) is 2.21. The number of methoxy groups -OCH3 is 1. The Kier molecular flexibility index (Phi) is 1.43. The van der Waals surface area contributed by atoms with Gasteiger partial charge in [-0.15, -0.1) is 0 Å². The van der Waals surface area contributed by atoms with Crippen molar-refractivity contribution in [1.82, 2.24) is 0 Å². The van der Waals surface area contributed by atoms with E-state index in [9.17, 15) is 0 Å². The molecule has 0 saturated heterocycles. The smallest absolute Gasteiger partial charge is 0.0645 e. The van der Waals surface area contributed by atoms with E-state index in [0.29, 0.717) is 17.9 Å². The molecule has 0 radical (unpaired) electrons. The van der Waals surface area contributed by atoms with Crippen LogP contribution in [-0.2, 0) is 4.74 Å². The molecule has 3 atom stereocenters. The third kappa shape index (κ3) is 0.807. The molecular weight excluding hydrogens is 136 g/mol. The van der Waals surface area contributed by atoms with E-state index >= 15 is 0 Å². The Bertz CT molecular complexity index is 217. The zero-order valence-corrected chi connectivity index (χ0v) is 6.97. The summed E-state index contributed by atoms with van der Waals surface area (Å²) in [5, 5.41) is 0. The van der Waals surface area contributed by atoms with Crippen LogP contribution in [0.3, 0.4) is 0 Å². The normalized spacial score (nSPS) is 42.1. The molecule has 0 unspecified atom stereocenters.